The molecule has 22 heavy (non-hydrogen) atoms. The molecule has 0 aromatic heterocycles. The van der Waals surface area contributed by atoms with Crippen molar-refractivity contribution in [2.24, 2.45) is 0 Å². The second-order valence-electron chi connectivity index (χ2n) is 5.71. The van der Waals surface area contributed by atoms with Gasteiger partial charge >= 0.3 is 0 Å². The van der Waals surface area contributed by atoms with Crippen LogP contribution in [0.25, 0.3) is 0 Å². The Morgan fingerprint density at radius 3 is 2.86 bits per heavy atom. The first-order valence-electron chi connectivity index (χ1n) is 7.22. The number of hydrogen-bond acceptors (Lipinski definition) is 4. The molecule has 1 aromatic rings. The quantitative estimate of drug-likeness (QED) is 0.861. The lowest BCUT2D eigenvalue weighted by molar-refractivity contribution is -0.165. The minimum atomic E-state index is -0.754. The Labute approximate surface area is 138 Å². The summed E-state index contributed by atoms with van der Waals surface area (Å²) in [5, 5.41) is 20.0. The average molecular weight is 346 g/mol. The number of phenolic OH excluding ortho intramolecular Hbond substituents is 1. The van der Waals surface area contributed by atoms with Crippen LogP contribution >= 0.6 is 23.2 Å². The predicted octanol–water partition coefficient (Wildman–Crippen LogP) is 2.16. The number of benzene rings is 1. The van der Waals surface area contributed by atoms with E-state index in [0.717, 1.165) is 0 Å². The van der Waals surface area contributed by atoms with Gasteiger partial charge in [0.25, 0.3) is 5.91 Å². The summed E-state index contributed by atoms with van der Waals surface area (Å²) in [7, 11) is 0. The molecule has 0 radical (unpaired) electrons. The number of halogens is 2. The summed E-state index contributed by atoms with van der Waals surface area (Å²) in [6, 6.07) is 3.04. The van der Waals surface area contributed by atoms with Gasteiger partial charge in [0.05, 0.1) is 29.3 Å². The molecule has 2 aliphatic rings. The molecule has 120 valence electrons. The first kappa shape index (κ1) is 15.9. The lowest BCUT2D eigenvalue weighted by Gasteiger charge is -2.44. The van der Waals surface area contributed by atoms with Crippen LogP contribution in [-0.2, 0) is 9.53 Å². The molecule has 2 heterocycles. The van der Waals surface area contributed by atoms with E-state index in [9.17, 15) is 9.90 Å². The Balaban J connectivity index is 1.82. The summed E-state index contributed by atoms with van der Waals surface area (Å²) in [5.41, 5.74) is 0.644. The number of carbonyl (C=O) groups excluding carboxylic acids is 1. The third kappa shape index (κ3) is 2.67. The van der Waals surface area contributed by atoms with Gasteiger partial charge in [-0.3, -0.25) is 4.79 Å². The highest BCUT2D eigenvalue weighted by molar-refractivity contribution is 6.42. The Morgan fingerprint density at radius 1 is 1.36 bits per heavy atom. The highest BCUT2D eigenvalue weighted by Crippen LogP contribution is 2.43. The van der Waals surface area contributed by atoms with Crippen LogP contribution in [0.1, 0.15) is 24.3 Å². The van der Waals surface area contributed by atoms with E-state index in [0.29, 0.717) is 41.6 Å². The van der Waals surface area contributed by atoms with Gasteiger partial charge in [0, 0.05) is 12.1 Å². The van der Waals surface area contributed by atoms with Crippen molar-refractivity contribution in [3.63, 3.8) is 0 Å². The largest absolute Gasteiger partial charge is 0.508 e. The first-order chi connectivity index (χ1) is 10.5. The number of rotatable bonds is 2. The zero-order valence-electron chi connectivity index (χ0n) is 11.8. The Morgan fingerprint density at radius 2 is 2.14 bits per heavy atom. The standard InChI is InChI=1S/C15H17Cl2NO4/c16-10-1-2-11(20)13(14(10)17)8-3-4-18-9(5-8)7-22-12(6-19)15(18)21/h1-2,8-9,12,19-20H,3-7H2/t8-,9+,12?/m1/s1. The first-order valence-corrected chi connectivity index (χ1v) is 7.98. The topological polar surface area (TPSA) is 70.0 Å². The van der Waals surface area contributed by atoms with Crippen molar-refractivity contribution in [1.82, 2.24) is 4.90 Å². The number of fused-ring (bicyclic) bond motifs is 1. The zero-order chi connectivity index (χ0) is 15.9. The SMILES string of the molecule is O=C1C(CO)OC[C@@H]2C[C@H](c3c(O)ccc(Cl)c3Cl)CCN12. The van der Waals surface area contributed by atoms with Crippen molar-refractivity contribution in [2.45, 2.75) is 30.9 Å². The van der Waals surface area contributed by atoms with Gasteiger partial charge in [0.2, 0.25) is 0 Å². The maximum atomic E-state index is 12.2. The van der Waals surface area contributed by atoms with Crippen LogP contribution in [0.2, 0.25) is 10.0 Å². The fourth-order valence-electron chi connectivity index (χ4n) is 3.32. The maximum Gasteiger partial charge on any atom is 0.254 e. The van der Waals surface area contributed by atoms with Crippen molar-refractivity contribution in [1.29, 1.82) is 0 Å². The molecule has 3 rings (SSSR count). The molecule has 0 aliphatic carbocycles. The Bertz CT molecular complexity index is 595. The molecule has 2 aliphatic heterocycles. The van der Waals surface area contributed by atoms with E-state index in [1.807, 2.05) is 0 Å². The van der Waals surface area contributed by atoms with Gasteiger partial charge in [0.1, 0.15) is 5.75 Å². The molecule has 0 bridgehead atoms. The van der Waals surface area contributed by atoms with Gasteiger partial charge < -0.3 is 19.8 Å². The molecule has 1 unspecified atom stereocenters. The number of carbonyl (C=O) groups is 1. The van der Waals surface area contributed by atoms with Gasteiger partial charge in [-0.25, -0.2) is 0 Å². The van der Waals surface area contributed by atoms with Crippen molar-refractivity contribution in [3.05, 3.63) is 27.7 Å². The van der Waals surface area contributed by atoms with Crippen LogP contribution in [-0.4, -0.2) is 52.9 Å². The van der Waals surface area contributed by atoms with Gasteiger partial charge in [-0.15, -0.1) is 0 Å². The van der Waals surface area contributed by atoms with E-state index >= 15 is 0 Å². The average Bonchev–Trinajstić information content (AvgIpc) is 2.52. The Hall–Kier alpha value is -1.01. The molecular formula is C15H17Cl2NO4. The molecule has 1 amide bonds. The van der Waals surface area contributed by atoms with Crippen molar-refractivity contribution >= 4 is 29.1 Å². The zero-order valence-corrected chi connectivity index (χ0v) is 13.3. The fourth-order valence-corrected chi connectivity index (χ4v) is 3.80. The highest BCUT2D eigenvalue weighted by atomic mass is 35.5. The van der Waals surface area contributed by atoms with Crippen LogP contribution in [0.4, 0.5) is 0 Å². The van der Waals surface area contributed by atoms with Gasteiger partial charge in [-0.05, 0) is 30.9 Å². The van der Waals surface area contributed by atoms with E-state index < -0.39 is 6.10 Å². The lowest BCUT2D eigenvalue weighted by atomic mass is 9.84. The molecule has 7 heteroatoms. The molecule has 2 N–H and O–H groups in total. The fraction of sp³-hybridized carbons (Fsp3) is 0.533. The van der Waals surface area contributed by atoms with E-state index in [-0.39, 0.29) is 30.2 Å². The number of aliphatic hydroxyl groups excluding tert-OH is 1. The van der Waals surface area contributed by atoms with Crippen LogP contribution < -0.4 is 0 Å². The number of piperidine rings is 1. The van der Waals surface area contributed by atoms with Crippen LogP contribution in [0.3, 0.4) is 0 Å². The van der Waals surface area contributed by atoms with Crippen LogP contribution in [0.15, 0.2) is 12.1 Å². The van der Waals surface area contributed by atoms with Gasteiger partial charge in [0.15, 0.2) is 6.10 Å². The highest BCUT2D eigenvalue weighted by Gasteiger charge is 2.40. The number of amides is 1. The van der Waals surface area contributed by atoms with Gasteiger partial charge in [-0.2, -0.15) is 0 Å². The molecule has 3 atom stereocenters. The molecular weight excluding hydrogens is 329 g/mol. The van der Waals surface area contributed by atoms with Crippen LogP contribution in [0, 0.1) is 0 Å². The summed E-state index contributed by atoms with van der Waals surface area (Å²) in [5.74, 6) is -0.0164. The molecule has 1 aromatic carbocycles. The van der Waals surface area contributed by atoms with E-state index in [1.54, 1.807) is 17.0 Å². The smallest absolute Gasteiger partial charge is 0.254 e. The van der Waals surface area contributed by atoms with Crippen molar-refractivity contribution < 1.29 is 19.7 Å². The van der Waals surface area contributed by atoms with E-state index in [4.69, 9.17) is 33.0 Å². The molecule has 0 spiro atoms. The van der Waals surface area contributed by atoms with Crippen LogP contribution in [0.5, 0.6) is 5.75 Å². The number of morpholine rings is 1. The summed E-state index contributed by atoms with van der Waals surface area (Å²) in [6.07, 6.45) is 0.585. The number of hydrogen-bond donors (Lipinski definition) is 2. The summed E-state index contributed by atoms with van der Waals surface area (Å²) < 4.78 is 5.41. The second kappa shape index (κ2) is 6.24. The number of phenols is 1. The predicted molar refractivity (Wildman–Crippen MR) is 82.4 cm³/mol. The summed E-state index contributed by atoms with van der Waals surface area (Å²) in [4.78, 5) is 13.9. The van der Waals surface area contributed by atoms with Crippen molar-refractivity contribution in [3.8, 4) is 5.75 Å². The summed E-state index contributed by atoms with van der Waals surface area (Å²) in [6.45, 7) is 0.634. The number of ether oxygens (including phenoxy) is 1. The third-order valence-corrected chi connectivity index (χ3v) is 5.27. The maximum absolute atomic E-state index is 12.2. The number of nitrogens with zero attached hydrogens (tertiary/aromatic N) is 1. The molecule has 0 saturated carbocycles. The van der Waals surface area contributed by atoms with Gasteiger partial charge in [-0.1, -0.05) is 23.2 Å². The Kier molecular flexibility index (Phi) is 4.50. The number of aliphatic hydroxyl groups is 1. The monoisotopic (exact) mass is 345 g/mol. The summed E-state index contributed by atoms with van der Waals surface area (Å²) >= 11 is 12.3. The molecule has 5 nitrogen and oxygen atoms in total. The molecule has 2 saturated heterocycles. The minimum Gasteiger partial charge on any atom is -0.508 e. The van der Waals surface area contributed by atoms with E-state index in [2.05, 4.69) is 0 Å². The van der Waals surface area contributed by atoms with E-state index in [1.165, 1.54) is 0 Å². The number of aromatic hydroxyl groups is 1. The minimum absolute atomic E-state index is 0.0227. The van der Waals surface area contributed by atoms with Crippen molar-refractivity contribution in [2.75, 3.05) is 19.8 Å². The third-order valence-electron chi connectivity index (χ3n) is 4.45. The normalized spacial score (nSPS) is 28.6. The lowest BCUT2D eigenvalue weighted by Crippen LogP contribution is -2.57. The second-order valence-corrected chi connectivity index (χ2v) is 6.49. The molecule has 2 fully saturated rings.